The number of aryl methyl sites for hydroxylation is 1. The van der Waals surface area contributed by atoms with Crippen molar-refractivity contribution in [2.45, 2.75) is 17.4 Å². The summed E-state index contributed by atoms with van der Waals surface area (Å²) >= 11 is 12.3. The molecule has 1 aliphatic rings. The minimum Gasteiger partial charge on any atom is -0.339 e. The normalized spacial score (nSPS) is 22.1. The van der Waals surface area contributed by atoms with Crippen LogP contribution in [-0.2, 0) is 17.1 Å². The highest BCUT2D eigenvalue weighted by Crippen LogP contribution is 2.43. The minimum atomic E-state index is -3.90. The molecule has 2 atom stereocenters. The highest BCUT2D eigenvalue weighted by atomic mass is 35.5. The van der Waals surface area contributed by atoms with Gasteiger partial charge in [-0.2, -0.15) is 12.3 Å². The van der Waals surface area contributed by atoms with E-state index in [2.05, 4.69) is 4.98 Å². The first kappa shape index (κ1) is 20.3. The molecule has 2 aromatic carbocycles. The third-order valence-electron chi connectivity index (χ3n) is 5.45. The van der Waals surface area contributed by atoms with E-state index in [0.29, 0.717) is 23.7 Å². The number of halogens is 3. The fourth-order valence-electron chi connectivity index (χ4n) is 3.97. The van der Waals surface area contributed by atoms with Gasteiger partial charge < -0.3 is 4.57 Å². The van der Waals surface area contributed by atoms with Gasteiger partial charge >= 0.3 is 10.0 Å². The van der Waals surface area contributed by atoms with Crippen LogP contribution in [0.4, 0.5) is 10.1 Å². The number of quaternary nitrogens is 1. The molecule has 0 aliphatic carbocycles. The topological polar surface area (TPSA) is 52.0 Å². The van der Waals surface area contributed by atoms with Crippen LogP contribution in [0.15, 0.2) is 60.0 Å². The van der Waals surface area contributed by atoms with Crippen LogP contribution >= 0.6 is 23.2 Å². The van der Waals surface area contributed by atoms with Gasteiger partial charge in [0, 0.05) is 37.7 Å². The number of rotatable bonds is 4. The van der Waals surface area contributed by atoms with Gasteiger partial charge in [0.15, 0.2) is 0 Å². The summed E-state index contributed by atoms with van der Waals surface area (Å²) in [7, 11) is -2.19. The highest BCUT2D eigenvalue weighted by Gasteiger charge is 2.52. The Labute approximate surface area is 179 Å². The van der Waals surface area contributed by atoms with Crippen molar-refractivity contribution >= 4 is 38.9 Å². The second kappa shape index (κ2) is 7.40. The summed E-state index contributed by atoms with van der Waals surface area (Å²) < 4.78 is 42.5. The van der Waals surface area contributed by atoms with Crippen molar-refractivity contribution in [2.24, 2.45) is 7.05 Å². The van der Waals surface area contributed by atoms with Crippen molar-refractivity contribution in [3.05, 3.63) is 76.4 Å². The summed E-state index contributed by atoms with van der Waals surface area (Å²) in [6.45, 7) is 0.568. The Balaban J connectivity index is 1.86. The van der Waals surface area contributed by atoms with Crippen LogP contribution in [0, 0.1) is 5.82 Å². The summed E-state index contributed by atoms with van der Waals surface area (Å²) in [4.78, 5) is 4.09. The van der Waals surface area contributed by atoms with Crippen LogP contribution in [-0.4, -0.2) is 31.1 Å². The van der Waals surface area contributed by atoms with Crippen LogP contribution in [0.1, 0.15) is 17.9 Å². The summed E-state index contributed by atoms with van der Waals surface area (Å²) in [6.07, 6.45) is 3.52. The third kappa shape index (κ3) is 3.46. The molecule has 0 radical (unpaired) electrons. The molecular weight excluding hydrogens is 436 g/mol. The molecule has 2 heterocycles. The van der Waals surface area contributed by atoms with Gasteiger partial charge in [0.05, 0.1) is 22.9 Å². The lowest BCUT2D eigenvalue weighted by atomic mass is 9.98. The average Bonchev–Trinajstić information content (AvgIpc) is 3.32. The smallest absolute Gasteiger partial charge is 0.339 e. The van der Waals surface area contributed by atoms with Crippen molar-refractivity contribution in [2.75, 3.05) is 13.1 Å². The lowest BCUT2D eigenvalue weighted by Gasteiger charge is -2.32. The quantitative estimate of drug-likeness (QED) is 0.534. The minimum absolute atomic E-state index is 0.00837. The third-order valence-corrected chi connectivity index (χ3v) is 8.39. The van der Waals surface area contributed by atoms with E-state index in [4.69, 9.17) is 23.2 Å². The zero-order valence-electron chi connectivity index (χ0n) is 15.6. The second-order valence-corrected chi connectivity index (χ2v) is 10.2. The number of nitrogens with zero attached hydrogens (tertiary/aromatic N) is 3. The van der Waals surface area contributed by atoms with E-state index < -0.39 is 10.0 Å². The average molecular weight is 455 g/mol. The SMILES string of the molecule is Cn1cnc(S(=O)(=O)[N@@+]2(c3ccc(Cl)c(Cl)c3)CC[C@H](c3cccc(F)c3)C2)c1. The lowest BCUT2D eigenvalue weighted by Crippen LogP contribution is -2.52. The monoisotopic (exact) mass is 454 g/mol. The number of hydrogen-bond donors (Lipinski definition) is 0. The van der Waals surface area contributed by atoms with Crippen LogP contribution < -0.4 is 3.89 Å². The molecule has 4 rings (SSSR count). The van der Waals surface area contributed by atoms with Gasteiger partial charge in [0.2, 0.25) is 5.03 Å². The van der Waals surface area contributed by atoms with Crippen molar-refractivity contribution in [3.8, 4) is 0 Å². The van der Waals surface area contributed by atoms with Crippen LogP contribution in [0.25, 0.3) is 0 Å². The molecule has 1 aliphatic heterocycles. The Kier molecular flexibility index (Phi) is 5.19. The summed E-state index contributed by atoms with van der Waals surface area (Å²) in [6, 6.07) is 11.2. The first-order chi connectivity index (χ1) is 13.7. The molecular formula is C20H19Cl2FN3O2S+. The maximum absolute atomic E-state index is 13.8. The van der Waals surface area contributed by atoms with Crippen LogP contribution in [0.2, 0.25) is 10.0 Å². The van der Waals surface area contributed by atoms with Gasteiger partial charge in [-0.15, -0.1) is 0 Å². The molecule has 1 fully saturated rings. The first-order valence-electron chi connectivity index (χ1n) is 9.04. The largest absolute Gasteiger partial charge is 0.351 e. The first-order valence-corrected chi connectivity index (χ1v) is 11.2. The molecule has 3 aromatic rings. The van der Waals surface area contributed by atoms with Gasteiger partial charge in [-0.1, -0.05) is 35.3 Å². The van der Waals surface area contributed by atoms with E-state index in [1.54, 1.807) is 35.9 Å². The molecule has 0 bridgehead atoms. The second-order valence-electron chi connectivity index (χ2n) is 7.29. The molecule has 0 saturated carbocycles. The Morgan fingerprint density at radius 2 is 1.97 bits per heavy atom. The van der Waals surface area contributed by atoms with Gasteiger partial charge in [0.25, 0.3) is 0 Å². The zero-order valence-corrected chi connectivity index (χ0v) is 17.9. The Bertz CT molecular complexity index is 1180. The highest BCUT2D eigenvalue weighted by molar-refractivity contribution is 7.90. The zero-order chi connectivity index (χ0) is 20.8. The Hall–Kier alpha value is -1.93. The summed E-state index contributed by atoms with van der Waals surface area (Å²) in [5.41, 5.74) is 1.30. The number of benzene rings is 2. The van der Waals surface area contributed by atoms with Gasteiger partial charge in [-0.25, -0.2) is 9.37 Å². The molecule has 0 unspecified atom stereocenters. The van der Waals surface area contributed by atoms with Gasteiger partial charge in [-0.05, 0) is 23.8 Å². The van der Waals surface area contributed by atoms with Crippen molar-refractivity contribution in [3.63, 3.8) is 0 Å². The predicted octanol–water partition coefficient (Wildman–Crippen LogP) is 4.75. The Morgan fingerprint density at radius 3 is 2.62 bits per heavy atom. The van der Waals surface area contributed by atoms with Crippen molar-refractivity contribution in [1.29, 1.82) is 0 Å². The maximum Gasteiger partial charge on any atom is 0.351 e. The molecule has 0 N–H and O–H groups in total. The molecule has 1 saturated heterocycles. The molecule has 9 heteroatoms. The van der Waals surface area contributed by atoms with Gasteiger partial charge in [-0.3, -0.25) is 0 Å². The fraction of sp³-hybridized carbons (Fsp3) is 0.250. The molecule has 152 valence electrons. The standard InChI is InChI=1S/C20H19Cl2FN3O2S/c1-25-11-20(24-13-25)29(27,28)26(17-5-6-18(21)19(22)10-17)8-7-15(12-26)14-3-2-4-16(23)9-14/h2-6,9-11,13,15H,7-8,12H2,1H3/q+1/t15-,26-/m0/s1. The number of hydrogen-bond acceptors (Lipinski definition) is 3. The number of aromatic nitrogens is 2. The van der Waals surface area contributed by atoms with Crippen LogP contribution in [0.5, 0.6) is 0 Å². The maximum atomic E-state index is 13.8. The van der Waals surface area contributed by atoms with Crippen LogP contribution in [0.3, 0.4) is 0 Å². The molecule has 0 amide bonds. The van der Waals surface area contributed by atoms with Gasteiger partial charge in [0.1, 0.15) is 18.0 Å². The van der Waals surface area contributed by atoms with E-state index >= 15 is 0 Å². The van der Waals surface area contributed by atoms with Crippen molar-refractivity contribution < 1.29 is 12.8 Å². The van der Waals surface area contributed by atoms with E-state index in [1.165, 1.54) is 24.7 Å². The number of imidazole rings is 1. The fourth-order valence-corrected chi connectivity index (χ4v) is 6.21. The molecule has 29 heavy (non-hydrogen) atoms. The molecule has 0 spiro atoms. The summed E-state index contributed by atoms with van der Waals surface area (Å²) in [5, 5.41) is 0.628. The molecule has 5 nitrogen and oxygen atoms in total. The van der Waals surface area contributed by atoms with E-state index in [0.717, 1.165) is 5.56 Å². The van der Waals surface area contributed by atoms with E-state index in [1.807, 2.05) is 6.07 Å². The van der Waals surface area contributed by atoms with E-state index in [9.17, 15) is 12.8 Å². The summed E-state index contributed by atoms with van der Waals surface area (Å²) in [5.74, 6) is -0.465. The van der Waals surface area contributed by atoms with E-state index in [-0.39, 0.29) is 32.2 Å². The predicted molar refractivity (Wildman–Crippen MR) is 112 cm³/mol. The van der Waals surface area contributed by atoms with Crippen molar-refractivity contribution in [1.82, 2.24) is 13.4 Å². The number of sulfonamides is 1. The lowest BCUT2D eigenvalue weighted by molar-refractivity contribution is 0.460. The Morgan fingerprint density at radius 1 is 1.17 bits per heavy atom. The molecule has 1 aromatic heterocycles.